The van der Waals surface area contributed by atoms with E-state index in [2.05, 4.69) is 20.2 Å². The van der Waals surface area contributed by atoms with Crippen LogP contribution in [0, 0.1) is 0 Å². The van der Waals surface area contributed by atoms with E-state index in [-0.39, 0.29) is 11.9 Å². The first-order valence-electron chi connectivity index (χ1n) is 7.38. The number of hydrogen-bond acceptors (Lipinski definition) is 5. The smallest absolute Gasteiger partial charge is 0.239 e. The van der Waals surface area contributed by atoms with Gasteiger partial charge in [0.25, 0.3) is 0 Å². The second-order valence-electron chi connectivity index (χ2n) is 5.38. The molecule has 2 aliphatic heterocycles. The quantitative estimate of drug-likeness (QED) is 0.839. The Labute approximate surface area is 119 Å². The molecule has 1 N–H and O–H groups in total. The molecular formula is C14H21N5O. The number of nitrogens with zero attached hydrogens (tertiary/aromatic N) is 4. The van der Waals surface area contributed by atoms with E-state index in [9.17, 15) is 4.79 Å². The largest absolute Gasteiger partial charge is 0.352 e. The maximum Gasteiger partial charge on any atom is 0.239 e. The number of aromatic nitrogens is 2. The van der Waals surface area contributed by atoms with Gasteiger partial charge in [0.15, 0.2) is 0 Å². The summed E-state index contributed by atoms with van der Waals surface area (Å²) in [7, 11) is 0. The number of hydrogen-bond donors (Lipinski definition) is 1. The van der Waals surface area contributed by atoms with E-state index in [4.69, 9.17) is 0 Å². The molecular weight excluding hydrogens is 254 g/mol. The normalized spacial score (nSPS) is 23.7. The molecule has 1 aromatic rings. The van der Waals surface area contributed by atoms with Crippen molar-refractivity contribution in [2.24, 2.45) is 0 Å². The van der Waals surface area contributed by atoms with E-state index in [0.29, 0.717) is 0 Å². The molecule has 108 valence electrons. The summed E-state index contributed by atoms with van der Waals surface area (Å²) in [6.07, 6.45) is 8.48. The Morgan fingerprint density at radius 1 is 1.20 bits per heavy atom. The number of anilines is 1. The van der Waals surface area contributed by atoms with Crippen molar-refractivity contribution in [3.63, 3.8) is 0 Å². The third-order valence-electron chi connectivity index (χ3n) is 4.07. The van der Waals surface area contributed by atoms with Crippen LogP contribution in [0.3, 0.4) is 0 Å². The fraction of sp³-hybridized carbons (Fsp3) is 0.643. The van der Waals surface area contributed by atoms with Crippen molar-refractivity contribution in [3.8, 4) is 0 Å². The molecule has 6 heteroatoms. The van der Waals surface area contributed by atoms with Crippen molar-refractivity contribution in [2.75, 3.05) is 37.6 Å². The van der Waals surface area contributed by atoms with Gasteiger partial charge in [-0.3, -0.25) is 9.78 Å². The minimum Gasteiger partial charge on any atom is -0.352 e. The fourth-order valence-electron chi connectivity index (χ4n) is 2.89. The molecule has 1 aromatic heterocycles. The molecule has 20 heavy (non-hydrogen) atoms. The minimum atomic E-state index is 0.0341. The Morgan fingerprint density at radius 3 is 2.70 bits per heavy atom. The van der Waals surface area contributed by atoms with Crippen LogP contribution in [-0.2, 0) is 4.79 Å². The maximum atomic E-state index is 12.4. The van der Waals surface area contributed by atoms with Crippen LogP contribution in [0.2, 0.25) is 0 Å². The van der Waals surface area contributed by atoms with E-state index in [1.165, 1.54) is 6.42 Å². The van der Waals surface area contributed by atoms with E-state index < -0.39 is 0 Å². The number of piperidine rings is 1. The summed E-state index contributed by atoms with van der Waals surface area (Å²) in [6, 6.07) is 0.0341. The Bertz CT molecular complexity index is 438. The van der Waals surface area contributed by atoms with Crippen LogP contribution in [0.25, 0.3) is 0 Å². The molecule has 0 spiro atoms. The van der Waals surface area contributed by atoms with Crippen molar-refractivity contribution in [3.05, 3.63) is 18.6 Å². The zero-order chi connectivity index (χ0) is 13.8. The lowest BCUT2D eigenvalue weighted by atomic mass is 10.0. The lowest BCUT2D eigenvalue weighted by Gasteiger charge is -2.37. The highest BCUT2D eigenvalue weighted by molar-refractivity contribution is 5.82. The van der Waals surface area contributed by atoms with Gasteiger partial charge in [0.2, 0.25) is 5.91 Å². The van der Waals surface area contributed by atoms with Gasteiger partial charge in [-0.15, -0.1) is 0 Å². The van der Waals surface area contributed by atoms with E-state index in [0.717, 1.165) is 51.4 Å². The van der Waals surface area contributed by atoms with Crippen LogP contribution in [0.1, 0.15) is 19.3 Å². The summed E-state index contributed by atoms with van der Waals surface area (Å²) in [5.41, 5.74) is 0. The molecule has 0 aromatic carbocycles. The number of piperazine rings is 1. The molecule has 1 amide bonds. The molecule has 0 aliphatic carbocycles. The van der Waals surface area contributed by atoms with Crippen molar-refractivity contribution in [1.29, 1.82) is 0 Å². The molecule has 0 unspecified atom stereocenters. The maximum absolute atomic E-state index is 12.4. The highest BCUT2D eigenvalue weighted by Gasteiger charge is 2.28. The van der Waals surface area contributed by atoms with Crippen LogP contribution >= 0.6 is 0 Å². The van der Waals surface area contributed by atoms with Gasteiger partial charge in [-0.05, 0) is 19.4 Å². The molecule has 0 bridgehead atoms. The number of amides is 1. The summed E-state index contributed by atoms with van der Waals surface area (Å²) in [6.45, 7) is 4.17. The van der Waals surface area contributed by atoms with Crippen molar-refractivity contribution in [1.82, 2.24) is 20.2 Å². The molecule has 0 radical (unpaired) electrons. The summed E-state index contributed by atoms with van der Waals surface area (Å²) < 4.78 is 0. The summed E-state index contributed by atoms with van der Waals surface area (Å²) in [4.78, 5) is 25.0. The second-order valence-corrected chi connectivity index (χ2v) is 5.38. The van der Waals surface area contributed by atoms with E-state index in [1.54, 1.807) is 18.6 Å². The summed E-state index contributed by atoms with van der Waals surface area (Å²) in [5.74, 6) is 1.17. The Morgan fingerprint density at radius 2 is 2.05 bits per heavy atom. The fourth-order valence-corrected chi connectivity index (χ4v) is 2.89. The lowest BCUT2D eigenvalue weighted by Crippen LogP contribution is -2.55. The first-order valence-corrected chi connectivity index (χ1v) is 7.38. The monoisotopic (exact) mass is 275 g/mol. The average Bonchev–Trinajstić information content (AvgIpc) is 2.56. The molecule has 2 saturated heterocycles. The predicted octanol–water partition coefficient (Wildman–Crippen LogP) is 0.267. The van der Waals surface area contributed by atoms with Gasteiger partial charge in [0.1, 0.15) is 5.82 Å². The van der Waals surface area contributed by atoms with Gasteiger partial charge in [0, 0.05) is 38.6 Å². The molecule has 0 saturated carbocycles. The van der Waals surface area contributed by atoms with Gasteiger partial charge < -0.3 is 15.1 Å². The standard InChI is InChI=1S/C14H21N5O/c20-14(12-3-1-2-4-16-12)19-9-7-18(8-10-19)13-11-15-5-6-17-13/h5-6,11-12,16H,1-4,7-10H2/t12-/m0/s1. The minimum absolute atomic E-state index is 0.0341. The van der Waals surface area contributed by atoms with E-state index >= 15 is 0 Å². The van der Waals surface area contributed by atoms with Crippen molar-refractivity contribution < 1.29 is 4.79 Å². The van der Waals surface area contributed by atoms with Crippen LogP contribution in [0.4, 0.5) is 5.82 Å². The lowest BCUT2D eigenvalue weighted by molar-refractivity contribution is -0.134. The van der Waals surface area contributed by atoms with Gasteiger partial charge >= 0.3 is 0 Å². The molecule has 1 atom stereocenters. The summed E-state index contributed by atoms with van der Waals surface area (Å²) in [5, 5.41) is 3.33. The first-order chi connectivity index (χ1) is 9.84. The highest BCUT2D eigenvalue weighted by Crippen LogP contribution is 2.14. The first kappa shape index (κ1) is 13.3. The molecule has 2 fully saturated rings. The van der Waals surface area contributed by atoms with Gasteiger partial charge in [-0.1, -0.05) is 6.42 Å². The topological polar surface area (TPSA) is 61.4 Å². The Kier molecular flexibility index (Phi) is 4.11. The number of rotatable bonds is 2. The third-order valence-corrected chi connectivity index (χ3v) is 4.07. The predicted molar refractivity (Wildman–Crippen MR) is 76.5 cm³/mol. The highest BCUT2D eigenvalue weighted by atomic mass is 16.2. The van der Waals surface area contributed by atoms with Crippen LogP contribution in [0.5, 0.6) is 0 Å². The SMILES string of the molecule is O=C([C@@H]1CCCCN1)N1CCN(c2cnccn2)CC1. The van der Waals surface area contributed by atoms with Crippen LogP contribution in [-0.4, -0.2) is 59.5 Å². The Balaban J connectivity index is 1.54. The molecule has 6 nitrogen and oxygen atoms in total. The number of carbonyl (C=O) groups is 1. The van der Waals surface area contributed by atoms with Gasteiger partial charge in [-0.25, -0.2) is 4.98 Å². The van der Waals surface area contributed by atoms with Gasteiger partial charge in [0.05, 0.1) is 12.2 Å². The average molecular weight is 275 g/mol. The number of nitrogens with one attached hydrogen (secondary N) is 1. The molecule has 3 heterocycles. The van der Waals surface area contributed by atoms with Crippen molar-refractivity contribution >= 4 is 11.7 Å². The Hall–Kier alpha value is -1.69. The second kappa shape index (κ2) is 6.17. The third kappa shape index (κ3) is 2.90. The van der Waals surface area contributed by atoms with Crippen molar-refractivity contribution in [2.45, 2.75) is 25.3 Å². The molecule has 3 rings (SSSR count). The zero-order valence-electron chi connectivity index (χ0n) is 11.7. The van der Waals surface area contributed by atoms with E-state index in [1.807, 2.05) is 4.90 Å². The zero-order valence-corrected chi connectivity index (χ0v) is 11.7. The summed E-state index contributed by atoms with van der Waals surface area (Å²) >= 11 is 0. The van der Waals surface area contributed by atoms with Crippen LogP contribution in [0.15, 0.2) is 18.6 Å². The molecule has 2 aliphatic rings. The van der Waals surface area contributed by atoms with Gasteiger partial charge in [-0.2, -0.15) is 0 Å². The van der Waals surface area contributed by atoms with Crippen LogP contribution < -0.4 is 10.2 Å². The number of carbonyl (C=O) groups excluding carboxylic acids is 1.